The number of morpholine rings is 1. The zero-order valence-corrected chi connectivity index (χ0v) is 7.26. The molecule has 1 saturated heterocycles. The van der Waals surface area contributed by atoms with Crippen LogP contribution in [-0.4, -0.2) is 37.8 Å². The van der Waals surface area contributed by atoms with E-state index < -0.39 is 0 Å². The fourth-order valence-electron chi connectivity index (χ4n) is 1.25. The lowest BCUT2D eigenvalue weighted by atomic mass is 10.1. The van der Waals surface area contributed by atoms with Crippen molar-refractivity contribution in [3.05, 3.63) is 0 Å². The third kappa shape index (κ3) is 2.67. The summed E-state index contributed by atoms with van der Waals surface area (Å²) in [6.45, 7) is 4.42. The van der Waals surface area contributed by atoms with Gasteiger partial charge in [-0.3, -0.25) is 5.41 Å². The van der Waals surface area contributed by atoms with Gasteiger partial charge in [-0.15, -0.1) is 0 Å². The summed E-state index contributed by atoms with van der Waals surface area (Å²) < 4.78 is 5.46. The van der Waals surface area contributed by atoms with E-state index in [2.05, 4.69) is 10.6 Å². The molecule has 1 aliphatic rings. The summed E-state index contributed by atoms with van der Waals surface area (Å²) in [5.74, 6) is -0.00308. The Bertz CT molecular complexity index is 155. The molecule has 5 N–H and O–H groups in total. The molecule has 0 amide bonds. The number of ether oxygens (including phenoxy) is 1. The molecule has 1 rings (SSSR count). The van der Waals surface area contributed by atoms with Crippen LogP contribution in [0.5, 0.6) is 0 Å². The van der Waals surface area contributed by atoms with Crippen LogP contribution < -0.4 is 16.4 Å². The number of nitrogens with two attached hydrogens (primary N) is 1. The van der Waals surface area contributed by atoms with Gasteiger partial charge in [0.15, 0.2) is 5.96 Å². The third-order valence-corrected chi connectivity index (χ3v) is 1.90. The van der Waals surface area contributed by atoms with Crippen LogP contribution in [0.15, 0.2) is 0 Å². The van der Waals surface area contributed by atoms with Crippen molar-refractivity contribution in [2.75, 3.05) is 19.7 Å². The molecule has 70 valence electrons. The molecule has 0 aromatic carbocycles. The van der Waals surface area contributed by atoms with Gasteiger partial charge >= 0.3 is 0 Å². The first kappa shape index (κ1) is 9.28. The highest BCUT2D eigenvalue weighted by Gasteiger charge is 2.20. The highest BCUT2D eigenvalue weighted by Crippen LogP contribution is 2.00. The van der Waals surface area contributed by atoms with Gasteiger partial charge in [0.25, 0.3) is 0 Å². The Balaban J connectivity index is 2.29. The summed E-state index contributed by atoms with van der Waals surface area (Å²) in [7, 11) is 0. The van der Waals surface area contributed by atoms with Gasteiger partial charge in [-0.1, -0.05) is 0 Å². The summed E-state index contributed by atoms with van der Waals surface area (Å²) >= 11 is 0. The summed E-state index contributed by atoms with van der Waals surface area (Å²) in [5, 5.41) is 13.1. The highest BCUT2D eigenvalue weighted by molar-refractivity contribution is 5.74. The predicted octanol–water partition coefficient (Wildman–Crippen LogP) is -1.15. The first-order valence-electron chi connectivity index (χ1n) is 4.13. The molecule has 2 unspecified atom stereocenters. The normalized spacial score (nSPS) is 26.2. The maximum absolute atomic E-state index is 7.03. The minimum Gasteiger partial charge on any atom is -0.373 e. The van der Waals surface area contributed by atoms with E-state index in [0.717, 1.165) is 19.7 Å². The molecular weight excluding hydrogens is 156 g/mol. The lowest BCUT2D eigenvalue weighted by Gasteiger charge is -2.29. The lowest BCUT2D eigenvalue weighted by Crippen LogP contribution is -2.52. The zero-order valence-electron chi connectivity index (χ0n) is 7.26. The van der Waals surface area contributed by atoms with E-state index in [1.165, 1.54) is 0 Å². The quantitative estimate of drug-likeness (QED) is 0.313. The van der Waals surface area contributed by atoms with Gasteiger partial charge in [0.1, 0.15) is 0 Å². The SMILES string of the molecule is CC(NC(=N)N)C1CNCCO1. The van der Waals surface area contributed by atoms with Crippen molar-refractivity contribution in [3.63, 3.8) is 0 Å². The second-order valence-electron chi connectivity index (χ2n) is 2.96. The van der Waals surface area contributed by atoms with Crippen LogP contribution in [0.4, 0.5) is 0 Å². The number of nitrogens with one attached hydrogen (secondary N) is 3. The molecular formula is C7H16N4O. The Hall–Kier alpha value is -0.810. The van der Waals surface area contributed by atoms with Crippen LogP contribution in [0.25, 0.3) is 0 Å². The van der Waals surface area contributed by atoms with E-state index in [-0.39, 0.29) is 18.1 Å². The number of rotatable bonds is 2. The van der Waals surface area contributed by atoms with Crippen LogP contribution in [0.1, 0.15) is 6.92 Å². The van der Waals surface area contributed by atoms with Crippen LogP contribution in [0.3, 0.4) is 0 Å². The molecule has 5 heteroatoms. The molecule has 0 radical (unpaired) electrons. The number of hydrogen-bond acceptors (Lipinski definition) is 3. The lowest BCUT2D eigenvalue weighted by molar-refractivity contribution is 0.0121. The Kier molecular flexibility index (Phi) is 3.31. The third-order valence-electron chi connectivity index (χ3n) is 1.90. The maximum atomic E-state index is 7.03. The van der Waals surface area contributed by atoms with Gasteiger partial charge in [-0.25, -0.2) is 0 Å². The van der Waals surface area contributed by atoms with Crippen LogP contribution in [0, 0.1) is 5.41 Å². The molecule has 0 aromatic heterocycles. The number of hydrogen-bond donors (Lipinski definition) is 4. The molecule has 1 aliphatic heterocycles. The molecule has 1 fully saturated rings. The fourth-order valence-corrected chi connectivity index (χ4v) is 1.25. The first-order chi connectivity index (χ1) is 5.70. The van der Waals surface area contributed by atoms with E-state index in [0.29, 0.717) is 0 Å². The molecule has 0 aromatic rings. The largest absolute Gasteiger partial charge is 0.373 e. The van der Waals surface area contributed by atoms with Gasteiger partial charge in [0.2, 0.25) is 0 Å². The van der Waals surface area contributed by atoms with Crippen molar-refractivity contribution in [3.8, 4) is 0 Å². The topological polar surface area (TPSA) is 83.2 Å². The minimum atomic E-state index is -0.00308. The van der Waals surface area contributed by atoms with Gasteiger partial charge < -0.3 is 21.1 Å². The van der Waals surface area contributed by atoms with E-state index in [1.54, 1.807) is 0 Å². The van der Waals surface area contributed by atoms with Crippen molar-refractivity contribution in [2.45, 2.75) is 19.1 Å². The Labute approximate surface area is 72.2 Å². The van der Waals surface area contributed by atoms with Crippen molar-refractivity contribution < 1.29 is 4.74 Å². The second-order valence-corrected chi connectivity index (χ2v) is 2.96. The van der Waals surface area contributed by atoms with E-state index in [1.807, 2.05) is 6.92 Å². The van der Waals surface area contributed by atoms with E-state index in [4.69, 9.17) is 15.9 Å². The Morgan fingerprint density at radius 1 is 1.83 bits per heavy atom. The van der Waals surface area contributed by atoms with Crippen LogP contribution in [0.2, 0.25) is 0 Å². The predicted molar refractivity (Wildman–Crippen MR) is 47.1 cm³/mol. The van der Waals surface area contributed by atoms with Gasteiger partial charge in [-0.2, -0.15) is 0 Å². The summed E-state index contributed by atoms with van der Waals surface area (Å²) in [5.41, 5.74) is 5.20. The highest BCUT2D eigenvalue weighted by atomic mass is 16.5. The van der Waals surface area contributed by atoms with Gasteiger partial charge in [0.05, 0.1) is 18.8 Å². The molecule has 2 atom stereocenters. The summed E-state index contributed by atoms with van der Waals surface area (Å²) in [6.07, 6.45) is 0.114. The average molecular weight is 172 g/mol. The Morgan fingerprint density at radius 2 is 2.58 bits per heavy atom. The first-order valence-corrected chi connectivity index (χ1v) is 4.13. The molecule has 5 nitrogen and oxygen atoms in total. The molecule has 12 heavy (non-hydrogen) atoms. The molecule has 0 aliphatic carbocycles. The molecule has 0 spiro atoms. The van der Waals surface area contributed by atoms with E-state index >= 15 is 0 Å². The van der Waals surface area contributed by atoms with Crippen LogP contribution >= 0.6 is 0 Å². The summed E-state index contributed by atoms with van der Waals surface area (Å²) in [4.78, 5) is 0. The van der Waals surface area contributed by atoms with Crippen molar-refractivity contribution in [2.24, 2.45) is 5.73 Å². The fraction of sp³-hybridized carbons (Fsp3) is 0.857. The maximum Gasteiger partial charge on any atom is 0.186 e. The standard InChI is InChI=1S/C7H16N4O/c1-5(11-7(8)9)6-4-10-2-3-12-6/h5-6,10H,2-4H2,1H3,(H4,8,9,11). The molecule has 0 bridgehead atoms. The van der Waals surface area contributed by atoms with Crippen molar-refractivity contribution in [1.29, 1.82) is 5.41 Å². The summed E-state index contributed by atoms with van der Waals surface area (Å²) in [6, 6.07) is 0.0929. The number of guanidine groups is 1. The van der Waals surface area contributed by atoms with Crippen molar-refractivity contribution >= 4 is 5.96 Å². The monoisotopic (exact) mass is 172 g/mol. The second kappa shape index (κ2) is 4.27. The zero-order chi connectivity index (χ0) is 8.97. The van der Waals surface area contributed by atoms with E-state index in [9.17, 15) is 0 Å². The smallest absolute Gasteiger partial charge is 0.186 e. The Morgan fingerprint density at radius 3 is 3.08 bits per heavy atom. The van der Waals surface area contributed by atoms with Crippen molar-refractivity contribution in [1.82, 2.24) is 10.6 Å². The molecule has 0 saturated carbocycles. The van der Waals surface area contributed by atoms with Crippen LogP contribution in [-0.2, 0) is 4.74 Å². The average Bonchev–Trinajstić information content (AvgIpc) is 2.05. The molecule has 1 heterocycles. The van der Waals surface area contributed by atoms with Gasteiger partial charge in [0, 0.05) is 13.1 Å². The minimum absolute atomic E-state index is 0.00308. The van der Waals surface area contributed by atoms with Gasteiger partial charge in [-0.05, 0) is 6.92 Å².